The van der Waals surface area contributed by atoms with E-state index in [0.29, 0.717) is 19.8 Å². The number of Topliss-reactive ketones (excluding diaryl/α,β-unsaturated/α-hetero) is 1. The van der Waals surface area contributed by atoms with Gasteiger partial charge >= 0.3 is 5.97 Å². The Morgan fingerprint density at radius 1 is 0.800 bits per heavy atom. The fraction of sp³-hybridized carbons (Fsp3) is 0.895. The molecule has 0 aromatic rings. The Morgan fingerprint density at radius 2 is 1.20 bits per heavy atom. The van der Waals surface area contributed by atoms with Crippen LogP contribution in [0.15, 0.2) is 0 Å². The minimum Gasteiger partial charge on any atom is -0.454 e. The first-order chi connectivity index (χ1) is 11.9. The average molecular weight is 360 g/mol. The first-order valence-electron chi connectivity index (χ1n) is 9.50. The lowest BCUT2D eigenvalue weighted by Crippen LogP contribution is -2.45. The zero-order valence-corrected chi connectivity index (χ0v) is 16.6. The minimum absolute atomic E-state index is 0.0407. The molecule has 0 bridgehead atoms. The van der Waals surface area contributed by atoms with Crippen molar-refractivity contribution in [2.45, 2.75) is 91.6 Å². The molecule has 0 amide bonds. The van der Waals surface area contributed by atoms with E-state index >= 15 is 0 Å². The van der Waals surface area contributed by atoms with Gasteiger partial charge in [0.15, 0.2) is 11.9 Å². The monoisotopic (exact) mass is 360 g/mol. The Balaban J connectivity index is 5.25. The van der Waals surface area contributed by atoms with Gasteiger partial charge in [-0.05, 0) is 26.2 Å². The van der Waals surface area contributed by atoms with Gasteiger partial charge < -0.3 is 18.9 Å². The van der Waals surface area contributed by atoms with Gasteiger partial charge in [-0.1, -0.05) is 40.0 Å². The molecule has 0 aliphatic rings. The number of carbonyl (C=O) groups is 2. The zero-order valence-electron chi connectivity index (χ0n) is 16.6. The van der Waals surface area contributed by atoms with Crippen LogP contribution in [0.25, 0.3) is 0 Å². The van der Waals surface area contributed by atoms with E-state index in [1.54, 1.807) is 0 Å². The van der Waals surface area contributed by atoms with Crippen molar-refractivity contribution in [1.29, 1.82) is 0 Å². The highest BCUT2D eigenvalue weighted by atomic mass is 16.9. The fourth-order valence-electron chi connectivity index (χ4n) is 2.11. The van der Waals surface area contributed by atoms with Gasteiger partial charge in [0, 0.05) is 6.92 Å². The molecule has 1 atom stereocenters. The van der Waals surface area contributed by atoms with Crippen LogP contribution in [0, 0.1) is 0 Å². The number of ketones is 1. The molecule has 25 heavy (non-hydrogen) atoms. The van der Waals surface area contributed by atoms with E-state index in [4.69, 9.17) is 18.9 Å². The van der Waals surface area contributed by atoms with Crippen LogP contribution in [-0.2, 0) is 28.5 Å². The van der Waals surface area contributed by atoms with E-state index in [9.17, 15) is 9.59 Å². The van der Waals surface area contributed by atoms with Gasteiger partial charge in [-0.25, -0.2) is 0 Å². The van der Waals surface area contributed by atoms with E-state index < -0.39 is 18.0 Å². The summed E-state index contributed by atoms with van der Waals surface area (Å²) in [4.78, 5) is 23.2. The normalized spacial score (nSPS) is 12.8. The molecule has 6 heteroatoms. The lowest BCUT2D eigenvalue weighted by molar-refractivity contribution is -0.388. The third kappa shape index (κ3) is 11.3. The van der Waals surface area contributed by atoms with Gasteiger partial charge in [0.05, 0.1) is 26.2 Å². The van der Waals surface area contributed by atoms with Crippen molar-refractivity contribution in [2.24, 2.45) is 0 Å². The molecule has 0 rings (SSSR count). The fourth-order valence-corrected chi connectivity index (χ4v) is 2.11. The van der Waals surface area contributed by atoms with E-state index in [1.165, 1.54) is 13.8 Å². The molecule has 0 N–H and O–H groups in total. The van der Waals surface area contributed by atoms with Crippen LogP contribution in [0.4, 0.5) is 0 Å². The Labute approximate surface area is 152 Å². The van der Waals surface area contributed by atoms with Gasteiger partial charge in [0.2, 0.25) is 0 Å². The van der Waals surface area contributed by atoms with Gasteiger partial charge in [-0.15, -0.1) is 0 Å². The second-order valence-corrected chi connectivity index (χ2v) is 6.20. The van der Waals surface area contributed by atoms with Crippen LogP contribution >= 0.6 is 0 Å². The molecule has 0 fully saturated rings. The molecule has 0 spiro atoms. The maximum Gasteiger partial charge on any atom is 0.303 e. The maximum absolute atomic E-state index is 11.9. The molecule has 148 valence electrons. The van der Waals surface area contributed by atoms with E-state index in [1.807, 2.05) is 0 Å². The quantitative estimate of drug-likeness (QED) is 0.235. The summed E-state index contributed by atoms with van der Waals surface area (Å²) in [5, 5.41) is 0. The van der Waals surface area contributed by atoms with Crippen molar-refractivity contribution in [3.8, 4) is 0 Å². The predicted octanol–water partition coefficient (Wildman–Crippen LogP) is 4.00. The largest absolute Gasteiger partial charge is 0.454 e. The minimum atomic E-state index is -1.36. The van der Waals surface area contributed by atoms with Crippen LogP contribution in [0.5, 0.6) is 0 Å². The summed E-state index contributed by atoms with van der Waals surface area (Å²) in [5.74, 6) is -2.12. The molecule has 0 saturated heterocycles. The number of unbranched alkanes of at least 4 members (excludes halogenated alkanes) is 3. The van der Waals surface area contributed by atoms with Crippen LogP contribution < -0.4 is 0 Å². The van der Waals surface area contributed by atoms with Crippen LogP contribution in [0.2, 0.25) is 0 Å². The second kappa shape index (κ2) is 14.2. The van der Waals surface area contributed by atoms with Gasteiger partial charge in [-0.3, -0.25) is 9.59 Å². The Kier molecular flexibility index (Phi) is 13.7. The van der Waals surface area contributed by atoms with Crippen molar-refractivity contribution >= 4 is 11.8 Å². The third-order valence-corrected chi connectivity index (χ3v) is 3.66. The highest BCUT2D eigenvalue weighted by Gasteiger charge is 2.39. The molecule has 0 heterocycles. The third-order valence-electron chi connectivity index (χ3n) is 3.66. The predicted molar refractivity (Wildman–Crippen MR) is 96.2 cm³/mol. The van der Waals surface area contributed by atoms with Gasteiger partial charge in [-0.2, -0.15) is 0 Å². The summed E-state index contributed by atoms with van der Waals surface area (Å²) in [6.07, 6.45) is 4.58. The summed E-state index contributed by atoms with van der Waals surface area (Å²) in [5.41, 5.74) is 0. The van der Waals surface area contributed by atoms with Gasteiger partial charge in [0.25, 0.3) is 5.97 Å². The molecule has 1 unspecified atom stereocenters. The molecule has 0 aromatic heterocycles. The Morgan fingerprint density at radius 3 is 1.48 bits per heavy atom. The number of hydrogen-bond donors (Lipinski definition) is 0. The topological polar surface area (TPSA) is 71.1 Å². The smallest absolute Gasteiger partial charge is 0.303 e. The summed E-state index contributed by atoms with van der Waals surface area (Å²) in [7, 11) is 0. The summed E-state index contributed by atoms with van der Waals surface area (Å²) in [6, 6.07) is 0. The van der Waals surface area contributed by atoms with Crippen molar-refractivity contribution in [2.75, 3.05) is 19.8 Å². The standard InChI is InChI=1S/C19H36O6/c1-6-9-12-22-19(23-13-10-7-2,24-14-11-8-3)15-18(16(4)20)25-17(5)21/h18H,6-15H2,1-5H3. The van der Waals surface area contributed by atoms with Crippen molar-refractivity contribution in [3.05, 3.63) is 0 Å². The molecule has 0 saturated carbocycles. The van der Waals surface area contributed by atoms with E-state index in [2.05, 4.69) is 20.8 Å². The van der Waals surface area contributed by atoms with Crippen molar-refractivity contribution < 1.29 is 28.5 Å². The zero-order chi connectivity index (χ0) is 19.1. The molecular formula is C19H36O6. The number of esters is 1. The van der Waals surface area contributed by atoms with Crippen molar-refractivity contribution in [3.63, 3.8) is 0 Å². The lowest BCUT2D eigenvalue weighted by atomic mass is 10.1. The highest BCUT2D eigenvalue weighted by Crippen LogP contribution is 2.26. The summed E-state index contributed by atoms with van der Waals surface area (Å²) >= 11 is 0. The Hall–Kier alpha value is -0.980. The van der Waals surface area contributed by atoms with Crippen LogP contribution in [-0.4, -0.2) is 43.7 Å². The van der Waals surface area contributed by atoms with Crippen LogP contribution in [0.1, 0.15) is 79.6 Å². The number of rotatable bonds is 16. The number of ether oxygens (including phenoxy) is 4. The molecule has 0 radical (unpaired) electrons. The highest BCUT2D eigenvalue weighted by molar-refractivity contribution is 5.83. The second-order valence-electron chi connectivity index (χ2n) is 6.20. The van der Waals surface area contributed by atoms with E-state index in [0.717, 1.165) is 38.5 Å². The molecule has 6 nitrogen and oxygen atoms in total. The first kappa shape index (κ1) is 24.0. The molecular weight excluding hydrogens is 324 g/mol. The average Bonchev–Trinajstić information content (AvgIpc) is 2.54. The SMILES string of the molecule is CCCCOC(CC(OC(C)=O)C(C)=O)(OCCCC)OCCCC. The molecule has 0 aromatic carbocycles. The number of hydrogen-bond acceptors (Lipinski definition) is 6. The van der Waals surface area contributed by atoms with Gasteiger partial charge in [0.1, 0.15) is 0 Å². The lowest BCUT2D eigenvalue weighted by Gasteiger charge is -2.35. The molecule has 0 aliphatic heterocycles. The maximum atomic E-state index is 11.9. The summed E-state index contributed by atoms with van der Waals surface area (Å²) < 4.78 is 23.0. The van der Waals surface area contributed by atoms with Crippen molar-refractivity contribution in [1.82, 2.24) is 0 Å². The molecule has 0 aliphatic carbocycles. The number of carbonyl (C=O) groups excluding carboxylic acids is 2. The first-order valence-corrected chi connectivity index (χ1v) is 9.50. The Bertz CT molecular complexity index is 342. The van der Waals surface area contributed by atoms with E-state index in [-0.39, 0.29) is 12.2 Å². The van der Waals surface area contributed by atoms with Crippen LogP contribution in [0.3, 0.4) is 0 Å². The summed E-state index contributed by atoms with van der Waals surface area (Å²) in [6.45, 7) is 10.3.